The van der Waals surface area contributed by atoms with E-state index in [2.05, 4.69) is 5.32 Å². The molecule has 3 aromatic rings. The lowest BCUT2D eigenvalue weighted by Gasteiger charge is -2.16. The number of amides is 1. The van der Waals surface area contributed by atoms with Crippen molar-refractivity contribution >= 4 is 22.9 Å². The number of carbonyl (C=O) groups is 1. The molecule has 0 atom stereocenters. The number of thiophene rings is 1. The van der Waals surface area contributed by atoms with Crippen molar-refractivity contribution in [2.45, 2.75) is 6.61 Å². The highest BCUT2D eigenvalue weighted by Crippen LogP contribution is 2.42. The molecule has 0 fully saturated rings. The number of nitrogens with one attached hydrogen (secondary N) is 1. The summed E-state index contributed by atoms with van der Waals surface area (Å²) in [4.78, 5) is 14.3. The van der Waals surface area contributed by atoms with E-state index in [9.17, 15) is 4.79 Å². The van der Waals surface area contributed by atoms with Crippen molar-refractivity contribution in [2.75, 3.05) is 12.4 Å². The fourth-order valence-electron chi connectivity index (χ4n) is 2.70. The van der Waals surface area contributed by atoms with Crippen LogP contribution in [-0.2, 0) is 6.61 Å². The molecule has 0 unspecified atom stereocenters. The predicted octanol–water partition coefficient (Wildman–Crippen LogP) is 4.57. The SMILES string of the molecule is COc1cccc(NC(=O)c2cc3c(s2)-c2ccccc2OC3)c1. The lowest BCUT2D eigenvalue weighted by molar-refractivity contribution is 0.103. The lowest BCUT2D eigenvalue weighted by atomic mass is 10.1. The fourth-order valence-corrected chi connectivity index (χ4v) is 3.80. The van der Waals surface area contributed by atoms with Gasteiger partial charge in [0, 0.05) is 27.8 Å². The van der Waals surface area contributed by atoms with Crippen LogP contribution in [0.4, 0.5) is 5.69 Å². The lowest BCUT2D eigenvalue weighted by Crippen LogP contribution is -2.10. The molecule has 0 aliphatic carbocycles. The number of ether oxygens (including phenoxy) is 2. The van der Waals surface area contributed by atoms with Crippen LogP contribution in [0.2, 0.25) is 0 Å². The molecule has 0 radical (unpaired) electrons. The minimum atomic E-state index is -0.125. The Labute approximate surface area is 143 Å². The van der Waals surface area contributed by atoms with E-state index in [4.69, 9.17) is 9.47 Å². The van der Waals surface area contributed by atoms with Gasteiger partial charge in [0.15, 0.2) is 0 Å². The molecule has 1 N–H and O–H groups in total. The van der Waals surface area contributed by atoms with E-state index < -0.39 is 0 Å². The number of rotatable bonds is 3. The first-order valence-corrected chi connectivity index (χ1v) is 8.36. The molecule has 120 valence electrons. The molecule has 0 bridgehead atoms. The maximum absolute atomic E-state index is 12.6. The number of carbonyl (C=O) groups excluding carboxylic acids is 1. The molecule has 5 heteroatoms. The third-order valence-electron chi connectivity index (χ3n) is 3.88. The quantitative estimate of drug-likeness (QED) is 0.762. The van der Waals surface area contributed by atoms with Gasteiger partial charge in [0.1, 0.15) is 18.1 Å². The predicted molar refractivity (Wildman–Crippen MR) is 95.0 cm³/mol. The Balaban J connectivity index is 1.62. The summed E-state index contributed by atoms with van der Waals surface area (Å²) in [5.41, 5.74) is 2.81. The maximum Gasteiger partial charge on any atom is 0.265 e. The Morgan fingerprint density at radius 2 is 2.04 bits per heavy atom. The summed E-state index contributed by atoms with van der Waals surface area (Å²) in [5.74, 6) is 1.45. The minimum absolute atomic E-state index is 0.125. The Morgan fingerprint density at radius 1 is 1.17 bits per heavy atom. The monoisotopic (exact) mass is 337 g/mol. The van der Waals surface area contributed by atoms with Gasteiger partial charge in [-0.15, -0.1) is 11.3 Å². The highest BCUT2D eigenvalue weighted by atomic mass is 32.1. The van der Waals surface area contributed by atoms with Gasteiger partial charge in [-0.1, -0.05) is 18.2 Å². The van der Waals surface area contributed by atoms with Gasteiger partial charge < -0.3 is 14.8 Å². The van der Waals surface area contributed by atoms with Crippen LogP contribution >= 0.6 is 11.3 Å². The molecule has 0 saturated carbocycles. The first-order valence-electron chi connectivity index (χ1n) is 7.55. The Morgan fingerprint density at radius 3 is 2.92 bits per heavy atom. The molecule has 1 amide bonds. The standard InChI is InChI=1S/C19H15NO3S/c1-22-14-6-4-5-13(10-14)20-19(21)17-9-12-11-23-16-8-3-2-7-15(16)18(12)24-17/h2-10H,11H2,1H3,(H,20,21). The second-order valence-corrected chi connectivity index (χ2v) is 6.49. The highest BCUT2D eigenvalue weighted by molar-refractivity contribution is 7.17. The van der Waals surface area contributed by atoms with Gasteiger partial charge in [-0.25, -0.2) is 0 Å². The molecule has 1 aliphatic heterocycles. The molecule has 24 heavy (non-hydrogen) atoms. The Bertz CT molecular complexity index is 916. The van der Waals surface area contributed by atoms with Crippen molar-refractivity contribution in [3.05, 3.63) is 65.0 Å². The van der Waals surface area contributed by atoms with Crippen LogP contribution in [0.1, 0.15) is 15.2 Å². The molecule has 0 saturated heterocycles. The van der Waals surface area contributed by atoms with E-state index in [1.54, 1.807) is 13.2 Å². The number of para-hydroxylation sites is 1. The van der Waals surface area contributed by atoms with Crippen molar-refractivity contribution in [3.8, 4) is 21.9 Å². The van der Waals surface area contributed by atoms with E-state index >= 15 is 0 Å². The molecule has 2 aromatic carbocycles. The molecular formula is C19H15NO3S. The minimum Gasteiger partial charge on any atom is -0.497 e. The zero-order chi connectivity index (χ0) is 16.5. The first kappa shape index (κ1) is 14.8. The molecular weight excluding hydrogens is 322 g/mol. The number of fused-ring (bicyclic) bond motifs is 3. The summed E-state index contributed by atoms with van der Waals surface area (Å²) in [7, 11) is 1.60. The molecule has 1 aromatic heterocycles. The van der Waals surface area contributed by atoms with E-state index in [1.807, 2.05) is 48.5 Å². The second-order valence-electron chi connectivity index (χ2n) is 5.44. The number of hydrogen-bond acceptors (Lipinski definition) is 4. The topological polar surface area (TPSA) is 47.6 Å². The van der Waals surface area contributed by atoms with Gasteiger partial charge in [-0.05, 0) is 30.3 Å². The smallest absolute Gasteiger partial charge is 0.265 e. The average Bonchev–Trinajstić information content (AvgIpc) is 3.07. The molecule has 0 spiro atoms. The molecule has 4 nitrogen and oxygen atoms in total. The second kappa shape index (κ2) is 6.02. The summed E-state index contributed by atoms with van der Waals surface area (Å²) < 4.78 is 10.9. The number of benzene rings is 2. The Kier molecular flexibility index (Phi) is 3.70. The van der Waals surface area contributed by atoms with E-state index in [0.29, 0.717) is 22.9 Å². The highest BCUT2D eigenvalue weighted by Gasteiger charge is 2.22. The summed E-state index contributed by atoms with van der Waals surface area (Å²) in [6, 6.07) is 17.1. The van der Waals surface area contributed by atoms with Gasteiger partial charge in [-0.2, -0.15) is 0 Å². The number of methoxy groups -OCH3 is 1. The Hall–Kier alpha value is -2.79. The van der Waals surface area contributed by atoms with Crippen molar-refractivity contribution in [3.63, 3.8) is 0 Å². The largest absolute Gasteiger partial charge is 0.497 e. The van der Waals surface area contributed by atoms with E-state index in [0.717, 1.165) is 21.8 Å². The summed E-state index contributed by atoms with van der Waals surface area (Å²) in [5, 5.41) is 2.92. The van der Waals surface area contributed by atoms with Crippen LogP contribution in [0.15, 0.2) is 54.6 Å². The van der Waals surface area contributed by atoms with Crippen molar-refractivity contribution in [1.29, 1.82) is 0 Å². The number of anilines is 1. The molecule has 4 rings (SSSR count). The van der Waals surface area contributed by atoms with E-state index in [1.165, 1.54) is 11.3 Å². The first-order chi connectivity index (χ1) is 11.7. The number of hydrogen-bond donors (Lipinski definition) is 1. The van der Waals surface area contributed by atoms with Crippen LogP contribution in [0.5, 0.6) is 11.5 Å². The van der Waals surface area contributed by atoms with Crippen molar-refractivity contribution in [2.24, 2.45) is 0 Å². The summed E-state index contributed by atoms with van der Waals surface area (Å²) >= 11 is 1.49. The molecule has 2 heterocycles. The summed E-state index contributed by atoms with van der Waals surface area (Å²) in [6.07, 6.45) is 0. The van der Waals surface area contributed by atoms with Gasteiger partial charge >= 0.3 is 0 Å². The van der Waals surface area contributed by atoms with Crippen molar-refractivity contribution < 1.29 is 14.3 Å². The van der Waals surface area contributed by atoms with Crippen LogP contribution < -0.4 is 14.8 Å². The average molecular weight is 337 g/mol. The normalized spacial score (nSPS) is 11.9. The maximum atomic E-state index is 12.6. The summed E-state index contributed by atoms with van der Waals surface area (Å²) in [6.45, 7) is 0.495. The van der Waals surface area contributed by atoms with Crippen LogP contribution in [0, 0.1) is 0 Å². The van der Waals surface area contributed by atoms with Gasteiger partial charge in [0.25, 0.3) is 5.91 Å². The third kappa shape index (κ3) is 2.63. The van der Waals surface area contributed by atoms with Gasteiger partial charge in [0.2, 0.25) is 0 Å². The fraction of sp³-hybridized carbons (Fsp3) is 0.105. The zero-order valence-corrected chi connectivity index (χ0v) is 13.9. The van der Waals surface area contributed by atoms with Gasteiger partial charge in [0.05, 0.1) is 12.0 Å². The third-order valence-corrected chi connectivity index (χ3v) is 5.08. The van der Waals surface area contributed by atoms with Crippen LogP contribution in [0.3, 0.4) is 0 Å². The van der Waals surface area contributed by atoms with Crippen LogP contribution in [-0.4, -0.2) is 13.0 Å². The molecule has 1 aliphatic rings. The zero-order valence-electron chi connectivity index (χ0n) is 13.0. The van der Waals surface area contributed by atoms with Crippen molar-refractivity contribution in [1.82, 2.24) is 0 Å². The van der Waals surface area contributed by atoms with E-state index in [-0.39, 0.29) is 5.91 Å². The van der Waals surface area contributed by atoms with Gasteiger partial charge in [-0.3, -0.25) is 4.79 Å². The van der Waals surface area contributed by atoms with Crippen LogP contribution in [0.25, 0.3) is 10.4 Å².